The highest BCUT2D eigenvalue weighted by Crippen LogP contribution is 2.35. The second kappa shape index (κ2) is 8.29. The standard InChI is InChI=1S/C16H14N2O4.CH3NO2/c19-14-7-10(8-15(20)16(14)21)9-17-12-3-1-11(2-4-12)13-5-6-22-18-13;2-1(3)4/h1-8,17,19-21H,9H2;2H2,(H,3,4). The molecular formula is C17H17N3O6. The van der Waals surface area contributed by atoms with E-state index in [1.165, 1.54) is 18.4 Å². The number of amides is 1. The number of nitrogens with two attached hydrogens (primary N) is 1. The van der Waals surface area contributed by atoms with Gasteiger partial charge in [-0.05, 0) is 29.8 Å². The Morgan fingerprint density at radius 3 is 2.15 bits per heavy atom. The minimum absolute atomic E-state index is 0.349. The van der Waals surface area contributed by atoms with Crippen LogP contribution in [0.4, 0.5) is 10.5 Å². The van der Waals surface area contributed by atoms with Gasteiger partial charge < -0.3 is 36.0 Å². The number of primary amides is 1. The van der Waals surface area contributed by atoms with Gasteiger partial charge in [-0.1, -0.05) is 17.3 Å². The van der Waals surface area contributed by atoms with E-state index in [-0.39, 0.29) is 11.5 Å². The largest absolute Gasteiger partial charge is 0.504 e. The zero-order valence-corrected chi connectivity index (χ0v) is 13.5. The average molecular weight is 359 g/mol. The summed E-state index contributed by atoms with van der Waals surface area (Å²) in [6, 6.07) is 12.2. The molecule has 0 atom stereocenters. The maximum Gasteiger partial charge on any atom is 0.402 e. The normalized spacial score (nSPS) is 9.85. The number of aromatic hydroxyl groups is 3. The highest BCUT2D eigenvalue weighted by Gasteiger charge is 2.08. The van der Waals surface area contributed by atoms with Crippen LogP contribution in [0, 0.1) is 0 Å². The Morgan fingerprint density at radius 2 is 1.65 bits per heavy atom. The van der Waals surface area contributed by atoms with Gasteiger partial charge in [0.1, 0.15) is 12.0 Å². The van der Waals surface area contributed by atoms with Crippen molar-refractivity contribution in [2.24, 2.45) is 5.73 Å². The van der Waals surface area contributed by atoms with Crippen molar-refractivity contribution in [2.75, 3.05) is 5.32 Å². The van der Waals surface area contributed by atoms with E-state index in [2.05, 4.69) is 16.2 Å². The quantitative estimate of drug-likeness (QED) is 0.387. The Morgan fingerprint density at radius 1 is 1.08 bits per heavy atom. The van der Waals surface area contributed by atoms with Crippen molar-refractivity contribution < 1.29 is 29.7 Å². The van der Waals surface area contributed by atoms with E-state index >= 15 is 0 Å². The Bertz CT molecular complexity index is 836. The van der Waals surface area contributed by atoms with Crippen molar-refractivity contribution in [3.8, 4) is 28.5 Å². The summed E-state index contributed by atoms with van der Waals surface area (Å²) < 4.78 is 4.80. The summed E-state index contributed by atoms with van der Waals surface area (Å²) >= 11 is 0. The third kappa shape index (κ3) is 5.06. The average Bonchev–Trinajstić information content (AvgIpc) is 3.12. The van der Waals surface area contributed by atoms with Crippen LogP contribution >= 0.6 is 0 Å². The van der Waals surface area contributed by atoms with Crippen LogP contribution in [0.2, 0.25) is 0 Å². The summed E-state index contributed by atoms with van der Waals surface area (Å²) in [6.07, 6.45) is 0.186. The van der Waals surface area contributed by atoms with Crippen molar-refractivity contribution in [3.05, 3.63) is 54.3 Å². The lowest BCUT2D eigenvalue weighted by Gasteiger charge is -2.09. The van der Waals surface area contributed by atoms with E-state index in [1.54, 1.807) is 6.07 Å². The maximum absolute atomic E-state index is 9.47. The van der Waals surface area contributed by atoms with Crippen LogP contribution < -0.4 is 11.1 Å². The molecule has 9 nitrogen and oxygen atoms in total. The van der Waals surface area contributed by atoms with Crippen molar-refractivity contribution >= 4 is 11.8 Å². The molecule has 0 unspecified atom stereocenters. The summed E-state index contributed by atoms with van der Waals surface area (Å²) in [7, 11) is 0. The predicted molar refractivity (Wildman–Crippen MR) is 92.9 cm³/mol. The summed E-state index contributed by atoms with van der Waals surface area (Å²) in [6.45, 7) is 0.394. The number of hydrogen-bond donors (Lipinski definition) is 6. The Kier molecular flexibility index (Phi) is 5.88. The number of carbonyl (C=O) groups is 1. The maximum atomic E-state index is 9.47. The number of nitrogens with one attached hydrogen (secondary N) is 1. The second-order valence-electron chi connectivity index (χ2n) is 5.14. The molecule has 0 spiro atoms. The van der Waals surface area contributed by atoms with Crippen LogP contribution in [0.3, 0.4) is 0 Å². The number of phenols is 3. The third-order valence-corrected chi connectivity index (χ3v) is 3.24. The molecule has 26 heavy (non-hydrogen) atoms. The topological polar surface area (TPSA) is 162 Å². The lowest BCUT2D eigenvalue weighted by Crippen LogP contribution is -2.03. The Hall–Kier alpha value is -3.88. The number of hydrogen-bond acceptors (Lipinski definition) is 7. The van der Waals surface area contributed by atoms with Gasteiger partial charge in [-0.25, -0.2) is 4.79 Å². The number of aromatic nitrogens is 1. The van der Waals surface area contributed by atoms with Crippen molar-refractivity contribution in [1.82, 2.24) is 5.16 Å². The van der Waals surface area contributed by atoms with E-state index in [0.29, 0.717) is 12.1 Å². The monoisotopic (exact) mass is 359 g/mol. The molecule has 9 heteroatoms. The number of nitrogens with zero attached hydrogens (tertiary/aromatic N) is 1. The molecule has 0 aliphatic heterocycles. The molecule has 0 aliphatic carbocycles. The molecule has 0 radical (unpaired) electrons. The second-order valence-corrected chi connectivity index (χ2v) is 5.14. The molecule has 1 heterocycles. The first-order chi connectivity index (χ1) is 12.4. The molecule has 3 aromatic rings. The number of carboxylic acid groups (broad SMARTS) is 1. The molecule has 0 saturated carbocycles. The van der Waals surface area contributed by atoms with Gasteiger partial charge in [0, 0.05) is 23.9 Å². The molecule has 0 bridgehead atoms. The van der Waals surface area contributed by atoms with E-state index in [4.69, 9.17) is 14.4 Å². The van der Waals surface area contributed by atoms with Gasteiger partial charge in [0.15, 0.2) is 17.2 Å². The van der Waals surface area contributed by atoms with Gasteiger partial charge in [0.2, 0.25) is 0 Å². The van der Waals surface area contributed by atoms with E-state index in [0.717, 1.165) is 16.9 Å². The molecule has 0 saturated heterocycles. The SMILES string of the molecule is NC(=O)O.Oc1cc(CNc2ccc(-c3ccon3)cc2)cc(O)c1O. The fourth-order valence-corrected chi connectivity index (χ4v) is 2.09. The molecule has 0 fully saturated rings. The molecule has 0 aliphatic rings. The first-order valence-electron chi connectivity index (χ1n) is 7.33. The number of anilines is 1. The van der Waals surface area contributed by atoms with Gasteiger partial charge in [0.05, 0.1) is 0 Å². The third-order valence-electron chi connectivity index (χ3n) is 3.24. The van der Waals surface area contributed by atoms with Crippen LogP contribution in [0.1, 0.15) is 5.56 Å². The van der Waals surface area contributed by atoms with Gasteiger partial charge in [-0.2, -0.15) is 0 Å². The van der Waals surface area contributed by atoms with Crippen LogP contribution in [-0.4, -0.2) is 31.7 Å². The molecule has 3 rings (SSSR count). The lowest BCUT2D eigenvalue weighted by molar-refractivity contribution is 0.205. The van der Waals surface area contributed by atoms with Gasteiger partial charge >= 0.3 is 6.09 Å². The Labute approximate surface area is 147 Å². The predicted octanol–water partition coefficient (Wildman–Crippen LogP) is 2.69. The number of phenolic OH excluding ortho intramolecular Hbond substituents is 3. The van der Waals surface area contributed by atoms with E-state index in [9.17, 15) is 15.3 Å². The van der Waals surface area contributed by atoms with Crippen molar-refractivity contribution in [3.63, 3.8) is 0 Å². The minimum Gasteiger partial charge on any atom is -0.504 e. The van der Waals surface area contributed by atoms with E-state index < -0.39 is 11.8 Å². The first kappa shape index (κ1) is 18.5. The highest BCUT2D eigenvalue weighted by atomic mass is 16.5. The van der Waals surface area contributed by atoms with Crippen molar-refractivity contribution in [2.45, 2.75) is 6.54 Å². The molecule has 7 N–H and O–H groups in total. The lowest BCUT2D eigenvalue weighted by atomic mass is 10.1. The summed E-state index contributed by atoms with van der Waals surface area (Å²) in [5, 5.41) is 42.5. The Balaban J connectivity index is 0.000000552. The smallest absolute Gasteiger partial charge is 0.402 e. The van der Waals surface area contributed by atoms with E-state index in [1.807, 2.05) is 24.3 Å². The molecular weight excluding hydrogens is 342 g/mol. The summed E-state index contributed by atoms with van der Waals surface area (Å²) in [5.74, 6) is -1.21. The van der Waals surface area contributed by atoms with Crippen molar-refractivity contribution in [1.29, 1.82) is 0 Å². The fourth-order valence-electron chi connectivity index (χ4n) is 2.09. The van der Waals surface area contributed by atoms with Crippen LogP contribution in [0.15, 0.2) is 53.3 Å². The number of rotatable bonds is 4. The summed E-state index contributed by atoms with van der Waals surface area (Å²) in [4.78, 5) is 8.78. The zero-order chi connectivity index (χ0) is 19.1. The van der Waals surface area contributed by atoms with Crippen LogP contribution in [0.25, 0.3) is 11.3 Å². The molecule has 1 aromatic heterocycles. The van der Waals surface area contributed by atoms with Crippen LogP contribution in [0.5, 0.6) is 17.2 Å². The highest BCUT2D eigenvalue weighted by molar-refractivity contribution is 5.62. The first-order valence-corrected chi connectivity index (χ1v) is 7.33. The molecule has 136 valence electrons. The fraction of sp³-hybridized carbons (Fsp3) is 0.0588. The zero-order valence-electron chi connectivity index (χ0n) is 13.5. The minimum atomic E-state index is -1.33. The van der Waals surface area contributed by atoms with Gasteiger partial charge in [-0.15, -0.1) is 0 Å². The van der Waals surface area contributed by atoms with Gasteiger partial charge in [0.25, 0.3) is 0 Å². The van der Waals surface area contributed by atoms with Gasteiger partial charge in [-0.3, -0.25) is 0 Å². The van der Waals surface area contributed by atoms with Crippen LogP contribution in [-0.2, 0) is 6.54 Å². The number of benzene rings is 2. The molecule has 1 amide bonds. The molecule has 2 aromatic carbocycles. The summed E-state index contributed by atoms with van der Waals surface area (Å²) in [5.41, 5.74) is 7.26.